The summed E-state index contributed by atoms with van der Waals surface area (Å²) < 4.78 is 5.33. The van der Waals surface area contributed by atoms with Gasteiger partial charge in [0.1, 0.15) is 5.75 Å². The van der Waals surface area contributed by atoms with E-state index < -0.39 is 4.92 Å². The standard InChI is InChI=1S/C25H21N3O4/c1-15-11-16(2)24-21(12-15)22(14-23(27-24)17-5-4-6-20(13-17)32-3)25(29)26-18-7-9-19(10-8-18)28(30)31/h4-14H,1-3H3,(H,26,29). The number of benzene rings is 3. The van der Waals surface area contributed by atoms with Crippen LogP contribution in [0.15, 0.2) is 66.7 Å². The fourth-order valence-electron chi connectivity index (χ4n) is 3.66. The molecule has 0 aliphatic carbocycles. The van der Waals surface area contributed by atoms with Crippen molar-refractivity contribution in [3.05, 3.63) is 93.5 Å². The molecule has 0 atom stereocenters. The van der Waals surface area contributed by atoms with Crippen LogP contribution in [0.4, 0.5) is 11.4 Å². The van der Waals surface area contributed by atoms with Gasteiger partial charge < -0.3 is 10.1 Å². The highest BCUT2D eigenvalue weighted by atomic mass is 16.6. The Balaban J connectivity index is 1.82. The number of methoxy groups -OCH3 is 1. The molecule has 1 amide bonds. The lowest BCUT2D eigenvalue weighted by Crippen LogP contribution is -2.13. The van der Waals surface area contributed by atoms with Crippen molar-refractivity contribution in [3.8, 4) is 17.0 Å². The number of nitrogens with zero attached hydrogens (tertiary/aromatic N) is 2. The maximum absolute atomic E-state index is 13.3. The van der Waals surface area contributed by atoms with Crippen LogP contribution in [-0.2, 0) is 0 Å². The van der Waals surface area contributed by atoms with Crippen LogP contribution in [0.1, 0.15) is 21.5 Å². The van der Waals surface area contributed by atoms with Crippen molar-refractivity contribution < 1.29 is 14.5 Å². The number of aromatic nitrogens is 1. The summed E-state index contributed by atoms with van der Waals surface area (Å²) in [5.41, 5.74) is 5.11. The van der Waals surface area contributed by atoms with Crippen molar-refractivity contribution in [2.45, 2.75) is 13.8 Å². The Bertz CT molecular complexity index is 1350. The largest absolute Gasteiger partial charge is 0.497 e. The zero-order valence-electron chi connectivity index (χ0n) is 17.9. The van der Waals surface area contributed by atoms with E-state index in [0.29, 0.717) is 22.7 Å². The first kappa shape index (κ1) is 21.0. The second-order valence-electron chi connectivity index (χ2n) is 7.52. The molecule has 0 spiro atoms. The molecule has 1 N–H and O–H groups in total. The van der Waals surface area contributed by atoms with Crippen molar-refractivity contribution >= 4 is 28.2 Å². The number of ether oxygens (including phenoxy) is 1. The highest BCUT2D eigenvalue weighted by Gasteiger charge is 2.17. The lowest BCUT2D eigenvalue weighted by Gasteiger charge is -2.13. The number of aryl methyl sites for hydroxylation is 2. The Hall–Kier alpha value is -4.26. The Morgan fingerprint density at radius 3 is 2.47 bits per heavy atom. The van der Waals surface area contributed by atoms with Crippen molar-refractivity contribution in [2.75, 3.05) is 12.4 Å². The molecule has 1 heterocycles. The maximum atomic E-state index is 13.3. The van der Waals surface area contributed by atoms with Gasteiger partial charge in [-0.1, -0.05) is 23.8 Å². The van der Waals surface area contributed by atoms with E-state index in [2.05, 4.69) is 5.32 Å². The first-order valence-electron chi connectivity index (χ1n) is 9.98. The molecule has 4 aromatic rings. The number of rotatable bonds is 5. The number of hydrogen-bond donors (Lipinski definition) is 1. The molecule has 1 aromatic heterocycles. The molecule has 0 saturated heterocycles. The highest BCUT2D eigenvalue weighted by molar-refractivity contribution is 6.13. The number of non-ortho nitro benzene ring substituents is 1. The number of nitro benzene ring substituents is 1. The van der Waals surface area contributed by atoms with E-state index in [1.165, 1.54) is 24.3 Å². The molecule has 0 fully saturated rings. The lowest BCUT2D eigenvalue weighted by atomic mass is 9.99. The molecule has 7 nitrogen and oxygen atoms in total. The molecule has 0 unspecified atom stereocenters. The van der Waals surface area contributed by atoms with Crippen molar-refractivity contribution in [3.63, 3.8) is 0 Å². The molecule has 160 valence electrons. The van der Waals surface area contributed by atoms with Crippen molar-refractivity contribution in [1.29, 1.82) is 0 Å². The van der Waals surface area contributed by atoms with E-state index in [-0.39, 0.29) is 11.6 Å². The van der Waals surface area contributed by atoms with E-state index in [1.807, 2.05) is 50.2 Å². The van der Waals surface area contributed by atoms with Gasteiger partial charge in [-0.3, -0.25) is 14.9 Å². The molecule has 0 bridgehead atoms. The molecule has 4 rings (SSSR count). The van der Waals surface area contributed by atoms with Crippen LogP contribution < -0.4 is 10.1 Å². The van der Waals surface area contributed by atoms with Gasteiger partial charge in [-0.15, -0.1) is 0 Å². The smallest absolute Gasteiger partial charge is 0.269 e. The highest BCUT2D eigenvalue weighted by Crippen LogP contribution is 2.30. The molecule has 7 heteroatoms. The van der Waals surface area contributed by atoms with Crippen LogP contribution in [0.2, 0.25) is 0 Å². The van der Waals surface area contributed by atoms with Gasteiger partial charge in [-0.25, -0.2) is 4.98 Å². The molecular weight excluding hydrogens is 406 g/mol. The number of fused-ring (bicyclic) bond motifs is 1. The number of nitro groups is 1. The average Bonchev–Trinajstić information content (AvgIpc) is 2.78. The summed E-state index contributed by atoms with van der Waals surface area (Å²) in [6.07, 6.45) is 0. The van der Waals surface area contributed by atoms with E-state index in [1.54, 1.807) is 13.2 Å². The van der Waals surface area contributed by atoms with Gasteiger partial charge in [0, 0.05) is 28.8 Å². The lowest BCUT2D eigenvalue weighted by molar-refractivity contribution is -0.384. The van der Waals surface area contributed by atoms with Crippen LogP contribution in [0, 0.1) is 24.0 Å². The third-order valence-electron chi connectivity index (χ3n) is 5.19. The first-order chi connectivity index (χ1) is 15.4. The average molecular weight is 427 g/mol. The Kier molecular flexibility index (Phi) is 5.55. The van der Waals surface area contributed by atoms with E-state index in [9.17, 15) is 14.9 Å². The topological polar surface area (TPSA) is 94.4 Å². The minimum absolute atomic E-state index is 0.0380. The van der Waals surface area contributed by atoms with Crippen molar-refractivity contribution in [2.24, 2.45) is 0 Å². The summed E-state index contributed by atoms with van der Waals surface area (Å²) in [7, 11) is 1.60. The number of nitrogens with one attached hydrogen (secondary N) is 1. The number of amides is 1. The maximum Gasteiger partial charge on any atom is 0.269 e. The minimum Gasteiger partial charge on any atom is -0.497 e. The van der Waals surface area contributed by atoms with Gasteiger partial charge in [-0.2, -0.15) is 0 Å². The van der Waals surface area contributed by atoms with E-state index >= 15 is 0 Å². The summed E-state index contributed by atoms with van der Waals surface area (Å²) in [6.45, 7) is 3.94. The second kappa shape index (κ2) is 8.47. The summed E-state index contributed by atoms with van der Waals surface area (Å²) in [4.78, 5) is 28.5. The fourth-order valence-corrected chi connectivity index (χ4v) is 3.66. The zero-order chi connectivity index (χ0) is 22.8. The van der Waals surface area contributed by atoms with Gasteiger partial charge in [0.05, 0.1) is 28.8 Å². The van der Waals surface area contributed by atoms with Gasteiger partial charge in [0.2, 0.25) is 0 Å². The van der Waals surface area contributed by atoms with Crippen LogP contribution in [0.3, 0.4) is 0 Å². The first-order valence-corrected chi connectivity index (χ1v) is 9.98. The third kappa shape index (κ3) is 4.13. The molecule has 0 aliphatic heterocycles. The Morgan fingerprint density at radius 1 is 1.03 bits per heavy atom. The molecule has 0 aliphatic rings. The molecule has 3 aromatic carbocycles. The van der Waals surface area contributed by atoms with Gasteiger partial charge in [-0.05, 0) is 55.8 Å². The fraction of sp³-hybridized carbons (Fsp3) is 0.120. The predicted octanol–water partition coefficient (Wildman–Crippen LogP) is 5.69. The number of anilines is 1. The Labute approximate surface area is 184 Å². The van der Waals surface area contributed by atoms with Crippen LogP contribution in [0.5, 0.6) is 5.75 Å². The molecule has 0 saturated carbocycles. The number of pyridine rings is 1. The molecule has 0 radical (unpaired) electrons. The molecule has 32 heavy (non-hydrogen) atoms. The van der Waals surface area contributed by atoms with Gasteiger partial charge in [0.15, 0.2) is 0 Å². The van der Waals surface area contributed by atoms with Gasteiger partial charge in [0.25, 0.3) is 11.6 Å². The van der Waals surface area contributed by atoms with Crippen LogP contribution in [-0.4, -0.2) is 22.9 Å². The number of hydrogen-bond acceptors (Lipinski definition) is 5. The van der Waals surface area contributed by atoms with Crippen molar-refractivity contribution in [1.82, 2.24) is 4.98 Å². The minimum atomic E-state index is -0.478. The quantitative estimate of drug-likeness (QED) is 0.326. The molecular formula is C25H21N3O4. The van der Waals surface area contributed by atoms with Crippen LogP contribution in [0.25, 0.3) is 22.2 Å². The van der Waals surface area contributed by atoms with Crippen LogP contribution >= 0.6 is 0 Å². The Morgan fingerprint density at radius 2 is 1.78 bits per heavy atom. The summed E-state index contributed by atoms with van der Waals surface area (Å²) >= 11 is 0. The van der Waals surface area contributed by atoms with E-state index in [0.717, 1.165) is 27.6 Å². The second-order valence-corrected chi connectivity index (χ2v) is 7.52. The normalized spacial score (nSPS) is 10.7. The summed E-state index contributed by atoms with van der Waals surface area (Å²) in [5, 5.41) is 14.5. The third-order valence-corrected chi connectivity index (χ3v) is 5.19. The number of carbonyl (C=O) groups excluding carboxylic acids is 1. The van der Waals surface area contributed by atoms with Gasteiger partial charge >= 0.3 is 0 Å². The number of carbonyl (C=O) groups is 1. The SMILES string of the molecule is COc1cccc(-c2cc(C(=O)Nc3ccc([N+](=O)[O-])cc3)c3cc(C)cc(C)c3n2)c1. The summed E-state index contributed by atoms with van der Waals surface area (Å²) in [6, 6.07) is 19.0. The zero-order valence-corrected chi connectivity index (χ0v) is 17.9. The van der Waals surface area contributed by atoms with E-state index in [4.69, 9.17) is 9.72 Å². The summed E-state index contributed by atoms with van der Waals surface area (Å²) in [5.74, 6) is 0.377. The predicted molar refractivity (Wildman–Crippen MR) is 124 cm³/mol. The monoisotopic (exact) mass is 427 g/mol.